The number of nitrogens with two attached hydrogens (primary N) is 1. The molecule has 3 heteroatoms. The minimum absolute atomic E-state index is 0.763. The van der Waals surface area contributed by atoms with Crippen molar-refractivity contribution in [2.75, 3.05) is 24.7 Å². The number of rotatable bonds is 4. The predicted molar refractivity (Wildman–Crippen MR) is 77.0 cm³/mol. The van der Waals surface area contributed by atoms with Crippen LogP contribution in [0.25, 0.3) is 0 Å². The summed E-state index contributed by atoms with van der Waals surface area (Å²) < 4.78 is 5.15. The Hall–Kier alpha value is -1.38. The number of anilines is 2. The highest BCUT2D eigenvalue weighted by Crippen LogP contribution is 2.29. The second-order valence-electron chi connectivity index (χ2n) is 5.46. The van der Waals surface area contributed by atoms with Crippen LogP contribution in [0.4, 0.5) is 11.4 Å². The molecule has 0 aliphatic heterocycles. The molecule has 0 amide bonds. The van der Waals surface area contributed by atoms with Crippen molar-refractivity contribution in [3.8, 4) is 5.75 Å². The van der Waals surface area contributed by atoms with E-state index in [4.69, 9.17) is 10.5 Å². The SMILES string of the molecule is COc1ccc(NCC2CCC(C)CC2)c(N)c1. The van der Waals surface area contributed by atoms with Crippen LogP contribution in [0.1, 0.15) is 32.6 Å². The summed E-state index contributed by atoms with van der Waals surface area (Å²) in [6.07, 6.45) is 5.41. The van der Waals surface area contributed by atoms with Gasteiger partial charge in [-0.2, -0.15) is 0 Å². The zero-order chi connectivity index (χ0) is 13.0. The molecule has 0 bridgehead atoms. The number of ether oxygens (including phenoxy) is 1. The molecule has 18 heavy (non-hydrogen) atoms. The van der Waals surface area contributed by atoms with Gasteiger partial charge in [0.1, 0.15) is 5.75 Å². The zero-order valence-electron chi connectivity index (χ0n) is 11.4. The maximum Gasteiger partial charge on any atom is 0.121 e. The quantitative estimate of drug-likeness (QED) is 0.801. The van der Waals surface area contributed by atoms with Gasteiger partial charge in [-0.15, -0.1) is 0 Å². The fraction of sp³-hybridized carbons (Fsp3) is 0.600. The molecule has 0 radical (unpaired) electrons. The molecule has 1 aromatic carbocycles. The lowest BCUT2D eigenvalue weighted by molar-refractivity contribution is 0.300. The molecule has 0 spiro atoms. The topological polar surface area (TPSA) is 47.3 Å². The van der Waals surface area contributed by atoms with Gasteiger partial charge in [0.25, 0.3) is 0 Å². The Balaban J connectivity index is 1.86. The summed E-state index contributed by atoms with van der Waals surface area (Å²) in [5, 5.41) is 3.47. The lowest BCUT2D eigenvalue weighted by atomic mass is 9.83. The van der Waals surface area contributed by atoms with Crippen molar-refractivity contribution in [2.24, 2.45) is 11.8 Å². The second-order valence-corrected chi connectivity index (χ2v) is 5.46. The molecule has 0 aromatic heterocycles. The van der Waals surface area contributed by atoms with Crippen LogP contribution in [0.3, 0.4) is 0 Å². The number of benzene rings is 1. The Morgan fingerprint density at radius 1 is 1.28 bits per heavy atom. The fourth-order valence-corrected chi connectivity index (χ4v) is 2.62. The minimum Gasteiger partial charge on any atom is -0.497 e. The third kappa shape index (κ3) is 3.31. The molecule has 0 heterocycles. The molecule has 1 saturated carbocycles. The lowest BCUT2D eigenvalue weighted by Gasteiger charge is -2.26. The molecule has 1 aliphatic rings. The normalized spacial score (nSPS) is 23.7. The van der Waals surface area contributed by atoms with Crippen LogP contribution >= 0.6 is 0 Å². The van der Waals surface area contributed by atoms with E-state index in [2.05, 4.69) is 12.2 Å². The first-order valence-corrected chi connectivity index (χ1v) is 6.86. The van der Waals surface area contributed by atoms with Crippen molar-refractivity contribution in [1.82, 2.24) is 0 Å². The molecule has 0 saturated heterocycles. The largest absolute Gasteiger partial charge is 0.497 e. The van der Waals surface area contributed by atoms with E-state index in [0.29, 0.717) is 0 Å². The van der Waals surface area contributed by atoms with Crippen molar-refractivity contribution in [1.29, 1.82) is 0 Å². The van der Waals surface area contributed by atoms with Crippen molar-refractivity contribution >= 4 is 11.4 Å². The van der Waals surface area contributed by atoms with Crippen molar-refractivity contribution in [3.63, 3.8) is 0 Å². The highest BCUT2D eigenvalue weighted by Gasteiger charge is 2.17. The summed E-state index contributed by atoms with van der Waals surface area (Å²) in [4.78, 5) is 0. The summed E-state index contributed by atoms with van der Waals surface area (Å²) in [6, 6.07) is 5.81. The Bertz CT molecular complexity index is 384. The lowest BCUT2D eigenvalue weighted by Crippen LogP contribution is -2.20. The Morgan fingerprint density at radius 3 is 2.61 bits per heavy atom. The summed E-state index contributed by atoms with van der Waals surface area (Å²) in [5.74, 6) is 2.51. The van der Waals surface area contributed by atoms with Gasteiger partial charge in [-0.05, 0) is 36.8 Å². The van der Waals surface area contributed by atoms with Gasteiger partial charge in [0.2, 0.25) is 0 Å². The Kier molecular flexibility index (Phi) is 4.34. The molecule has 0 atom stereocenters. The maximum atomic E-state index is 5.99. The average molecular weight is 248 g/mol. The van der Waals surface area contributed by atoms with Gasteiger partial charge >= 0.3 is 0 Å². The molecule has 1 fully saturated rings. The third-order valence-electron chi connectivity index (χ3n) is 3.98. The van der Waals surface area contributed by atoms with Crippen LogP contribution < -0.4 is 15.8 Å². The van der Waals surface area contributed by atoms with E-state index in [9.17, 15) is 0 Å². The van der Waals surface area contributed by atoms with E-state index < -0.39 is 0 Å². The molecule has 3 N–H and O–H groups in total. The van der Waals surface area contributed by atoms with Crippen LogP contribution in [-0.4, -0.2) is 13.7 Å². The number of hydrogen-bond donors (Lipinski definition) is 2. The first-order valence-electron chi connectivity index (χ1n) is 6.86. The summed E-state index contributed by atoms with van der Waals surface area (Å²) in [5.41, 5.74) is 7.78. The Morgan fingerprint density at radius 2 is 2.00 bits per heavy atom. The minimum atomic E-state index is 0.763. The van der Waals surface area contributed by atoms with Crippen molar-refractivity contribution in [2.45, 2.75) is 32.6 Å². The summed E-state index contributed by atoms with van der Waals surface area (Å²) in [6.45, 7) is 3.38. The van der Waals surface area contributed by atoms with Crippen molar-refractivity contribution in [3.05, 3.63) is 18.2 Å². The van der Waals surface area contributed by atoms with Crippen LogP contribution in [0.5, 0.6) is 5.75 Å². The Labute approximate surface area is 110 Å². The molecule has 0 unspecified atom stereocenters. The first-order chi connectivity index (χ1) is 8.69. The molecular formula is C15H24N2O. The third-order valence-corrected chi connectivity index (χ3v) is 3.98. The smallest absolute Gasteiger partial charge is 0.121 e. The molecule has 1 aliphatic carbocycles. The van der Waals surface area contributed by atoms with E-state index in [1.807, 2.05) is 18.2 Å². The van der Waals surface area contributed by atoms with E-state index >= 15 is 0 Å². The van der Waals surface area contributed by atoms with Crippen LogP contribution in [0.15, 0.2) is 18.2 Å². The van der Waals surface area contributed by atoms with Crippen molar-refractivity contribution < 1.29 is 4.74 Å². The number of nitrogens with one attached hydrogen (secondary N) is 1. The van der Waals surface area contributed by atoms with Crippen LogP contribution in [0, 0.1) is 11.8 Å². The van der Waals surface area contributed by atoms with Gasteiger partial charge in [-0.3, -0.25) is 0 Å². The van der Waals surface area contributed by atoms with Crippen LogP contribution in [-0.2, 0) is 0 Å². The zero-order valence-corrected chi connectivity index (χ0v) is 11.4. The monoisotopic (exact) mass is 248 g/mol. The predicted octanol–water partition coefficient (Wildman–Crippen LogP) is 3.52. The molecule has 100 valence electrons. The van der Waals surface area contributed by atoms with E-state index in [1.165, 1.54) is 25.7 Å². The number of hydrogen-bond acceptors (Lipinski definition) is 3. The van der Waals surface area contributed by atoms with Crippen LogP contribution in [0.2, 0.25) is 0 Å². The molecule has 1 aromatic rings. The highest BCUT2D eigenvalue weighted by molar-refractivity contribution is 5.68. The van der Waals surface area contributed by atoms with E-state index in [1.54, 1.807) is 7.11 Å². The average Bonchev–Trinajstić information content (AvgIpc) is 2.39. The second kappa shape index (κ2) is 5.98. The number of methoxy groups -OCH3 is 1. The number of nitrogen functional groups attached to an aromatic ring is 1. The standard InChI is InChI=1S/C15H24N2O/c1-11-3-5-12(6-4-11)10-17-15-8-7-13(18-2)9-14(15)16/h7-9,11-12,17H,3-6,10,16H2,1-2H3. The maximum absolute atomic E-state index is 5.99. The van der Waals surface area contributed by atoms with Gasteiger partial charge in [0, 0.05) is 12.6 Å². The van der Waals surface area contributed by atoms with E-state index in [0.717, 1.165) is 35.5 Å². The summed E-state index contributed by atoms with van der Waals surface area (Å²) >= 11 is 0. The summed E-state index contributed by atoms with van der Waals surface area (Å²) in [7, 11) is 1.66. The van der Waals surface area contributed by atoms with Gasteiger partial charge in [-0.25, -0.2) is 0 Å². The first kappa shape index (κ1) is 13.1. The highest BCUT2D eigenvalue weighted by atomic mass is 16.5. The van der Waals surface area contributed by atoms with Gasteiger partial charge in [0.15, 0.2) is 0 Å². The molecule has 3 nitrogen and oxygen atoms in total. The molecule has 2 rings (SSSR count). The fourth-order valence-electron chi connectivity index (χ4n) is 2.62. The molecular weight excluding hydrogens is 224 g/mol. The van der Waals surface area contributed by atoms with Gasteiger partial charge in [-0.1, -0.05) is 19.8 Å². The van der Waals surface area contributed by atoms with E-state index in [-0.39, 0.29) is 0 Å². The van der Waals surface area contributed by atoms with Gasteiger partial charge in [0.05, 0.1) is 18.5 Å². The van der Waals surface area contributed by atoms with Gasteiger partial charge < -0.3 is 15.8 Å².